The van der Waals surface area contributed by atoms with Crippen molar-refractivity contribution in [3.63, 3.8) is 0 Å². The van der Waals surface area contributed by atoms with E-state index in [2.05, 4.69) is 40.5 Å². The summed E-state index contributed by atoms with van der Waals surface area (Å²) in [6.07, 6.45) is 1.32. The first-order valence-corrected chi connectivity index (χ1v) is 10.1. The van der Waals surface area contributed by atoms with Gasteiger partial charge in [0.05, 0.1) is 6.42 Å². The average molecular weight is 380 g/mol. The minimum atomic E-state index is -0.812. The zero-order valence-electron chi connectivity index (χ0n) is 16.1. The molecule has 0 spiro atoms. The van der Waals surface area contributed by atoms with Gasteiger partial charge in [-0.1, -0.05) is 42.5 Å². The summed E-state index contributed by atoms with van der Waals surface area (Å²) in [5.41, 5.74) is 2.26. The van der Waals surface area contributed by atoms with E-state index in [0.717, 1.165) is 43.4 Å². The Morgan fingerprint density at radius 2 is 1.86 bits per heavy atom. The fourth-order valence-corrected chi connectivity index (χ4v) is 3.97. The van der Waals surface area contributed by atoms with Gasteiger partial charge in [0.25, 0.3) is 0 Å². The molecule has 1 saturated heterocycles. The summed E-state index contributed by atoms with van der Waals surface area (Å²) in [4.78, 5) is 13.1. The molecule has 1 aliphatic carbocycles. The van der Waals surface area contributed by atoms with Crippen LogP contribution in [0.4, 0.5) is 0 Å². The van der Waals surface area contributed by atoms with Crippen molar-refractivity contribution in [3.8, 4) is 5.75 Å². The van der Waals surface area contributed by atoms with Gasteiger partial charge in [-0.2, -0.15) is 0 Å². The number of carboxylic acids is 1. The molecule has 1 saturated carbocycles. The van der Waals surface area contributed by atoms with Gasteiger partial charge < -0.3 is 15.2 Å². The van der Waals surface area contributed by atoms with Crippen molar-refractivity contribution in [2.24, 2.45) is 5.92 Å². The van der Waals surface area contributed by atoms with Gasteiger partial charge in [-0.05, 0) is 35.6 Å². The lowest BCUT2D eigenvalue weighted by molar-refractivity contribution is -0.136. The molecule has 1 unspecified atom stereocenters. The number of carboxylic acid groups (broad SMARTS) is 1. The van der Waals surface area contributed by atoms with Crippen molar-refractivity contribution >= 4 is 5.97 Å². The molecule has 5 nitrogen and oxygen atoms in total. The van der Waals surface area contributed by atoms with Crippen LogP contribution < -0.4 is 10.1 Å². The molecule has 0 radical (unpaired) electrons. The SMILES string of the molecule is O=C(O)Cc1ccc(OCCN2CC(CN[C@@H]3CC3c3ccccc3)C2)cc1. The molecule has 0 bridgehead atoms. The number of nitrogens with zero attached hydrogens (tertiary/aromatic N) is 1. The predicted octanol–water partition coefficient (Wildman–Crippen LogP) is 2.77. The van der Waals surface area contributed by atoms with Crippen LogP contribution in [0.25, 0.3) is 0 Å². The number of rotatable bonds is 10. The molecule has 0 amide bonds. The van der Waals surface area contributed by atoms with E-state index in [9.17, 15) is 4.79 Å². The second-order valence-corrected chi connectivity index (χ2v) is 7.96. The maximum absolute atomic E-state index is 10.7. The fraction of sp³-hybridized carbons (Fsp3) is 0.435. The largest absolute Gasteiger partial charge is 0.492 e. The first-order chi connectivity index (χ1) is 13.7. The van der Waals surface area contributed by atoms with Crippen LogP contribution in [0.5, 0.6) is 5.75 Å². The first-order valence-electron chi connectivity index (χ1n) is 10.1. The van der Waals surface area contributed by atoms with E-state index < -0.39 is 5.97 Å². The normalized spacial score (nSPS) is 21.9. The first kappa shape index (κ1) is 19.0. The number of hydrogen-bond acceptors (Lipinski definition) is 4. The summed E-state index contributed by atoms with van der Waals surface area (Å²) >= 11 is 0. The van der Waals surface area contributed by atoms with Gasteiger partial charge in [-0.15, -0.1) is 0 Å². The van der Waals surface area contributed by atoms with Gasteiger partial charge >= 0.3 is 5.97 Å². The molecule has 5 heteroatoms. The van der Waals surface area contributed by atoms with E-state index in [1.165, 1.54) is 12.0 Å². The Hall–Kier alpha value is -2.37. The molecule has 2 N–H and O–H groups in total. The standard InChI is InChI=1S/C23H28N2O3/c26-23(27)12-17-6-8-20(9-7-17)28-11-10-25-15-18(16-25)14-24-22-13-21(22)19-4-2-1-3-5-19/h1-9,18,21-22,24H,10-16H2,(H,26,27)/t21?,22-/m1/s1. The van der Waals surface area contributed by atoms with E-state index in [1.54, 1.807) is 0 Å². The number of benzene rings is 2. The van der Waals surface area contributed by atoms with Gasteiger partial charge in [0.2, 0.25) is 0 Å². The van der Waals surface area contributed by atoms with Gasteiger partial charge in [-0.3, -0.25) is 9.69 Å². The molecule has 4 rings (SSSR count). The molecule has 2 aromatic carbocycles. The fourth-order valence-electron chi connectivity index (χ4n) is 3.97. The van der Waals surface area contributed by atoms with Crippen LogP contribution in [0.15, 0.2) is 54.6 Å². The highest BCUT2D eigenvalue weighted by Gasteiger charge is 2.38. The van der Waals surface area contributed by atoms with Crippen LogP contribution in [0, 0.1) is 5.92 Å². The topological polar surface area (TPSA) is 61.8 Å². The molecule has 0 aromatic heterocycles. The number of aliphatic carboxylic acids is 1. The Labute approximate surface area is 166 Å². The molecular weight excluding hydrogens is 352 g/mol. The molecule has 2 aliphatic rings. The van der Waals surface area contributed by atoms with Gasteiger partial charge in [0.1, 0.15) is 12.4 Å². The minimum Gasteiger partial charge on any atom is -0.492 e. The van der Waals surface area contributed by atoms with E-state index in [0.29, 0.717) is 18.6 Å². The maximum Gasteiger partial charge on any atom is 0.307 e. The Morgan fingerprint density at radius 1 is 1.11 bits per heavy atom. The lowest BCUT2D eigenvalue weighted by Gasteiger charge is -2.39. The highest BCUT2D eigenvalue weighted by Crippen LogP contribution is 2.40. The number of nitrogens with one attached hydrogen (secondary N) is 1. The third-order valence-corrected chi connectivity index (χ3v) is 5.67. The van der Waals surface area contributed by atoms with E-state index in [-0.39, 0.29) is 6.42 Å². The number of ether oxygens (including phenoxy) is 1. The molecule has 2 aromatic rings. The van der Waals surface area contributed by atoms with Crippen LogP contribution in [-0.2, 0) is 11.2 Å². The molecule has 2 atom stereocenters. The minimum absolute atomic E-state index is 0.0520. The zero-order valence-corrected chi connectivity index (χ0v) is 16.1. The molecule has 148 valence electrons. The monoisotopic (exact) mass is 380 g/mol. The lowest BCUT2D eigenvalue weighted by atomic mass is 10.0. The molecule has 28 heavy (non-hydrogen) atoms. The Morgan fingerprint density at radius 3 is 2.57 bits per heavy atom. The highest BCUT2D eigenvalue weighted by atomic mass is 16.5. The summed E-state index contributed by atoms with van der Waals surface area (Å²) < 4.78 is 5.77. The number of likely N-dealkylation sites (tertiary alicyclic amines) is 1. The molecule has 2 fully saturated rings. The maximum atomic E-state index is 10.7. The third-order valence-electron chi connectivity index (χ3n) is 5.67. The van der Waals surface area contributed by atoms with Gasteiger partial charge in [-0.25, -0.2) is 0 Å². The zero-order chi connectivity index (χ0) is 19.3. The Kier molecular flexibility index (Phi) is 5.93. The van der Waals surface area contributed by atoms with Crippen molar-refractivity contribution < 1.29 is 14.6 Å². The van der Waals surface area contributed by atoms with Crippen LogP contribution in [-0.4, -0.2) is 54.8 Å². The second kappa shape index (κ2) is 8.76. The van der Waals surface area contributed by atoms with Crippen molar-refractivity contribution in [2.45, 2.75) is 24.8 Å². The summed E-state index contributed by atoms with van der Waals surface area (Å²) in [6.45, 7) is 4.98. The van der Waals surface area contributed by atoms with Crippen LogP contribution in [0.2, 0.25) is 0 Å². The molecule has 1 aliphatic heterocycles. The van der Waals surface area contributed by atoms with Crippen molar-refractivity contribution in [2.75, 3.05) is 32.8 Å². The second-order valence-electron chi connectivity index (χ2n) is 7.96. The number of hydrogen-bond donors (Lipinski definition) is 2. The third kappa shape index (κ3) is 5.12. The predicted molar refractivity (Wildman–Crippen MR) is 109 cm³/mol. The molecule has 1 heterocycles. The lowest BCUT2D eigenvalue weighted by Crippen LogP contribution is -2.52. The van der Waals surface area contributed by atoms with Crippen LogP contribution in [0.3, 0.4) is 0 Å². The average Bonchev–Trinajstić information content (AvgIpc) is 3.44. The van der Waals surface area contributed by atoms with E-state index in [1.807, 2.05) is 24.3 Å². The van der Waals surface area contributed by atoms with Crippen LogP contribution in [0.1, 0.15) is 23.5 Å². The summed E-state index contributed by atoms with van der Waals surface area (Å²) in [7, 11) is 0. The highest BCUT2D eigenvalue weighted by molar-refractivity contribution is 5.70. The Bertz CT molecular complexity index is 772. The van der Waals surface area contributed by atoms with Crippen LogP contribution >= 0.6 is 0 Å². The van der Waals surface area contributed by atoms with E-state index in [4.69, 9.17) is 9.84 Å². The van der Waals surface area contributed by atoms with Crippen molar-refractivity contribution in [3.05, 3.63) is 65.7 Å². The summed E-state index contributed by atoms with van der Waals surface area (Å²) in [5, 5.41) is 12.5. The van der Waals surface area contributed by atoms with Crippen molar-refractivity contribution in [1.82, 2.24) is 10.2 Å². The smallest absolute Gasteiger partial charge is 0.307 e. The Balaban J connectivity index is 1.07. The van der Waals surface area contributed by atoms with E-state index >= 15 is 0 Å². The van der Waals surface area contributed by atoms with Crippen molar-refractivity contribution in [1.29, 1.82) is 0 Å². The van der Waals surface area contributed by atoms with Gasteiger partial charge in [0.15, 0.2) is 0 Å². The number of carbonyl (C=O) groups is 1. The summed E-state index contributed by atoms with van der Waals surface area (Å²) in [6, 6.07) is 18.8. The van der Waals surface area contributed by atoms with Gasteiger partial charge in [0, 0.05) is 38.1 Å². The quantitative estimate of drug-likeness (QED) is 0.664. The molecular formula is C23H28N2O3. The summed E-state index contributed by atoms with van der Waals surface area (Å²) in [5.74, 6) is 1.43.